The van der Waals surface area contributed by atoms with Crippen LogP contribution in [0.15, 0.2) is 24.3 Å². The Hall–Kier alpha value is -0.810. The van der Waals surface area contributed by atoms with Gasteiger partial charge in [-0.3, -0.25) is 4.90 Å². The number of hydrogen-bond donors (Lipinski definition) is 2. The number of aliphatic hydroxyl groups excluding tert-OH is 2. The highest BCUT2D eigenvalue weighted by molar-refractivity contribution is 5.85. The SMILES string of the molecule is Cl.OCC1CCCCN1CC(O)COc1ccc(C23CC4CC(CC(C4)C2)C3)cc1. The van der Waals surface area contributed by atoms with E-state index in [0.29, 0.717) is 18.6 Å². The summed E-state index contributed by atoms with van der Waals surface area (Å²) in [6.45, 7) is 2.03. The molecule has 4 bridgehead atoms. The number of ether oxygens (including phenoxy) is 1. The third-order valence-electron chi connectivity index (χ3n) is 8.35. The second-order valence-corrected chi connectivity index (χ2v) is 10.5. The Labute approximate surface area is 187 Å². The van der Waals surface area contributed by atoms with Crippen LogP contribution in [0.3, 0.4) is 0 Å². The molecule has 1 aromatic rings. The average Bonchev–Trinajstić information content (AvgIpc) is 2.72. The summed E-state index contributed by atoms with van der Waals surface area (Å²) in [7, 11) is 0. The van der Waals surface area contributed by atoms with Gasteiger partial charge in [0.25, 0.3) is 0 Å². The van der Waals surface area contributed by atoms with E-state index in [4.69, 9.17) is 4.74 Å². The molecule has 168 valence electrons. The van der Waals surface area contributed by atoms with E-state index >= 15 is 0 Å². The average molecular weight is 436 g/mol. The molecule has 2 unspecified atom stereocenters. The van der Waals surface area contributed by atoms with Crippen LogP contribution in [0.5, 0.6) is 5.75 Å². The van der Waals surface area contributed by atoms with E-state index < -0.39 is 6.10 Å². The Bertz CT molecular complexity index is 659. The molecule has 1 heterocycles. The molecule has 0 radical (unpaired) electrons. The summed E-state index contributed by atoms with van der Waals surface area (Å²) in [5.74, 6) is 3.74. The maximum absolute atomic E-state index is 10.4. The maximum Gasteiger partial charge on any atom is 0.119 e. The minimum absolute atomic E-state index is 0. The van der Waals surface area contributed by atoms with Gasteiger partial charge in [0.05, 0.1) is 6.61 Å². The molecule has 4 aliphatic carbocycles. The molecule has 4 nitrogen and oxygen atoms in total. The molecule has 5 heteroatoms. The van der Waals surface area contributed by atoms with Crippen LogP contribution in [0.1, 0.15) is 63.4 Å². The van der Waals surface area contributed by atoms with Crippen LogP contribution in [0.2, 0.25) is 0 Å². The molecule has 0 aromatic heterocycles. The first-order chi connectivity index (χ1) is 14.1. The Morgan fingerprint density at radius 1 is 1.00 bits per heavy atom. The van der Waals surface area contributed by atoms with E-state index in [0.717, 1.165) is 42.9 Å². The van der Waals surface area contributed by atoms with Crippen LogP contribution < -0.4 is 4.74 Å². The van der Waals surface area contributed by atoms with Crippen molar-refractivity contribution in [3.05, 3.63) is 29.8 Å². The van der Waals surface area contributed by atoms with Crippen molar-refractivity contribution in [3.63, 3.8) is 0 Å². The van der Waals surface area contributed by atoms with Gasteiger partial charge < -0.3 is 14.9 Å². The number of likely N-dealkylation sites (tertiary alicyclic amines) is 1. The standard InChI is InChI=1S/C25H37NO3.ClH/c27-16-22-3-1-2-8-26(22)15-23(28)17-29-24-6-4-21(5-7-24)25-12-18-9-19(13-25)11-20(10-18)14-25;/h4-7,18-20,22-23,27-28H,1-3,8-17H2;1H. The monoisotopic (exact) mass is 435 g/mol. The number of aliphatic hydroxyl groups is 2. The lowest BCUT2D eigenvalue weighted by molar-refractivity contribution is -0.00524. The quantitative estimate of drug-likeness (QED) is 0.675. The van der Waals surface area contributed by atoms with Gasteiger partial charge in [0.1, 0.15) is 18.5 Å². The molecular formula is C25H38ClNO3. The summed E-state index contributed by atoms with van der Waals surface area (Å²) in [5, 5.41) is 20.0. The van der Waals surface area contributed by atoms with Gasteiger partial charge in [0.2, 0.25) is 0 Å². The largest absolute Gasteiger partial charge is 0.491 e. The van der Waals surface area contributed by atoms with Gasteiger partial charge in [-0.25, -0.2) is 0 Å². The first kappa shape index (κ1) is 22.4. The van der Waals surface area contributed by atoms with Gasteiger partial charge in [-0.1, -0.05) is 18.6 Å². The topological polar surface area (TPSA) is 52.9 Å². The maximum atomic E-state index is 10.4. The fraction of sp³-hybridized carbons (Fsp3) is 0.760. The summed E-state index contributed by atoms with van der Waals surface area (Å²) in [6.07, 6.45) is 11.4. The number of benzene rings is 1. The smallest absolute Gasteiger partial charge is 0.119 e. The number of halogens is 1. The molecular weight excluding hydrogens is 398 g/mol. The van der Waals surface area contributed by atoms with Crippen LogP contribution in [0.4, 0.5) is 0 Å². The Morgan fingerprint density at radius 2 is 1.63 bits per heavy atom. The third kappa shape index (κ3) is 4.53. The van der Waals surface area contributed by atoms with Crippen molar-refractivity contribution in [1.29, 1.82) is 0 Å². The molecule has 5 fully saturated rings. The molecule has 1 aliphatic heterocycles. The summed E-state index contributed by atoms with van der Waals surface area (Å²) < 4.78 is 5.91. The molecule has 1 saturated heterocycles. The third-order valence-corrected chi connectivity index (χ3v) is 8.35. The molecule has 6 rings (SSSR count). The highest BCUT2D eigenvalue weighted by atomic mass is 35.5. The van der Waals surface area contributed by atoms with E-state index in [1.54, 1.807) is 0 Å². The lowest BCUT2D eigenvalue weighted by Crippen LogP contribution is -2.48. The zero-order valence-corrected chi connectivity index (χ0v) is 18.9. The molecule has 30 heavy (non-hydrogen) atoms. The van der Waals surface area contributed by atoms with Crippen molar-refractivity contribution < 1.29 is 14.9 Å². The van der Waals surface area contributed by atoms with Gasteiger partial charge in [0, 0.05) is 12.6 Å². The molecule has 5 aliphatic rings. The lowest BCUT2D eigenvalue weighted by Gasteiger charge is -2.57. The fourth-order valence-corrected chi connectivity index (χ4v) is 7.39. The summed E-state index contributed by atoms with van der Waals surface area (Å²) >= 11 is 0. The van der Waals surface area contributed by atoms with Crippen LogP contribution in [0.25, 0.3) is 0 Å². The molecule has 2 N–H and O–H groups in total. The van der Waals surface area contributed by atoms with E-state index in [9.17, 15) is 10.2 Å². The zero-order valence-electron chi connectivity index (χ0n) is 18.0. The Morgan fingerprint density at radius 3 is 2.23 bits per heavy atom. The predicted octanol–water partition coefficient (Wildman–Crippen LogP) is 4.16. The Balaban J connectivity index is 0.00000218. The number of piperidine rings is 1. The first-order valence-corrected chi connectivity index (χ1v) is 11.9. The van der Waals surface area contributed by atoms with Gasteiger partial charge in [0.15, 0.2) is 0 Å². The van der Waals surface area contributed by atoms with E-state index in [1.165, 1.54) is 50.5 Å². The highest BCUT2D eigenvalue weighted by Gasteiger charge is 2.51. The summed E-state index contributed by atoms with van der Waals surface area (Å²) in [4.78, 5) is 2.22. The van der Waals surface area contributed by atoms with Crippen molar-refractivity contribution in [2.75, 3.05) is 26.3 Å². The fourth-order valence-electron chi connectivity index (χ4n) is 7.39. The first-order valence-electron chi connectivity index (χ1n) is 11.9. The highest BCUT2D eigenvalue weighted by Crippen LogP contribution is 2.60. The molecule has 0 spiro atoms. The second kappa shape index (κ2) is 9.36. The molecule has 0 amide bonds. The normalized spacial score (nSPS) is 36.3. The van der Waals surface area contributed by atoms with Crippen molar-refractivity contribution in [3.8, 4) is 5.75 Å². The van der Waals surface area contributed by atoms with Gasteiger partial charge in [-0.05, 0) is 98.8 Å². The summed E-state index contributed by atoms with van der Waals surface area (Å²) in [6, 6.07) is 9.00. The van der Waals surface area contributed by atoms with E-state index in [2.05, 4.69) is 29.2 Å². The number of β-amino-alcohol motifs (C(OH)–C–C–N with tert-alkyl or cyclic N) is 1. The number of rotatable bonds is 7. The van der Waals surface area contributed by atoms with Crippen LogP contribution in [0, 0.1) is 17.8 Å². The molecule has 2 atom stereocenters. The predicted molar refractivity (Wildman–Crippen MR) is 121 cm³/mol. The van der Waals surface area contributed by atoms with E-state index in [1.807, 2.05) is 0 Å². The van der Waals surface area contributed by atoms with Crippen LogP contribution >= 0.6 is 12.4 Å². The minimum atomic E-state index is -0.523. The molecule has 4 saturated carbocycles. The second-order valence-electron chi connectivity index (χ2n) is 10.5. The van der Waals surface area contributed by atoms with Gasteiger partial charge >= 0.3 is 0 Å². The number of hydrogen-bond acceptors (Lipinski definition) is 4. The van der Waals surface area contributed by atoms with Crippen molar-refractivity contribution in [1.82, 2.24) is 4.90 Å². The summed E-state index contributed by atoms with van der Waals surface area (Å²) in [5.41, 5.74) is 1.95. The zero-order chi connectivity index (χ0) is 19.8. The minimum Gasteiger partial charge on any atom is -0.491 e. The van der Waals surface area contributed by atoms with Crippen LogP contribution in [-0.4, -0.2) is 53.6 Å². The van der Waals surface area contributed by atoms with Crippen molar-refractivity contribution in [2.45, 2.75) is 75.3 Å². The van der Waals surface area contributed by atoms with Gasteiger partial charge in [-0.2, -0.15) is 0 Å². The van der Waals surface area contributed by atoms with Crippen molar-refractivity contribution in [2.24, 2.45) is 17.8 Å². The lowest BCUT2D eigenvalue weighted by atomic mass is 9.48. The van der Waals surface area contributed by atoms with Crippen molar-refractivity contribution >= 4 is 12.4 Å². The van der Waals surface area contributed by atoms with Crippen LogP contribution in [-0.2, 0) is 5.41 Å². The Kier molecular flexibility index (Phi) is 6.98. The van der Waals surface area contributed by atoms with Gasteiger partial charge in [-0.15, -0.1) is 12.4 Å². The van der Waals surface area contributed by atoms with E-state index in [-0.39, 0.29) is 25.1 Å². The number of nitrogens with zero attached hydrogens (tertiary/aromatic N) is 1. The molecule has 1 aromatic carbocycles.